The van der Waals surface area contributed by atoms with Gasteiger partial charge in [0.25, 0.3) is 0 Å². The highest BCUT2D eigenvalue weighted by Gasteiger charge is 2.20. The molecular formula is C16H24ClN7S. The third-order valence-electron chi connectivity index (χ3n) is 4.19. The van der Waals surface area contributed by atoms with Gasteiger partial charge in [-0.05, 0) is 19.1 Å². The van der Waals surface area contributed by atoms with Crippen LogP contribution in [0.4, 0.5) is 0 Å². The average Bonchev–Trinajstić information content (AvgIpc) is 3.20. The molecule has 0 spiro atoms. The maximum absolute atomic E-state index is 6.02. The monoisotopic (exact) mass is 381 g/mol. The standard InChI is InChI=1S/C16H24ClN7S/c1-3-18-16(19-10-15-20-12-21-22(15)2)24-8-6-23(7-9-24)11-13-4-5-14(17)25-13/h4-5,12H,3,6-11H2,1-2H3,(H,18,19). The number of aromatic nitrogens is 3. The summed E-state index contributed by atoms with van der Waals surface area (Å²) in [5.74, 6) is 1.81. The van der Waals surface area contributed by atoms with E-state index in [1.54, 1.807) is 22.3 Å². The zero-order valence-corrected chi connectivity index (χ0v) is 16.2. The normalized spacial score (nSPS) is 16.4. The smallest absolute Gasteiger partial charge is 0.194 e. The molecule has 0 amide bonds. The Bertz CT molecular complexity index is 703. The van der Waals surface area contributed by atoms with Crippen molar-refractivity contribution in [1.82, 2.24) is 29.9 Å². The lowest BCUT2D eigenvalue weighted by molar-refractivity contribution is 0.173. The van der Waals surface area contributed by atoms with Crippen LogP contribution < -0.4 is 5.32 Å². The van der Waals surface area contributed by atoms with Crippen LogP contribution in [0.2, 0.25) is 4.34 Å². The van der Waals surface area contributed by atoms with Gasteiger partial charge in [-0.2, -0.15) is 5.10 Å². The van der Waals surface area contributed by atoms with Gasteiger partial charge in [-0.1, -0.05) is 11.6 Å². The molecule has 0 atom stereocenters. The van der Waals surface area contributed by atoms with Gasteiger partial charge >= 0.3 is 0 Å². The number of thiophene rings is 1. The summed E-state index contributed by atoms with van der Waals surface area (Å²) >= 11 is 7.69. The van der Waals surface area contributed by atoms with Crippen molar-refractivity contribution in [3.63, 3.8) is 0 Å². The Balaban J connectivity index is 1.55. The quantitative estimate of drug-likeness (QED) is 0.632. The van der Waals surface area contributed by atoms with Crippen molar-refractivity contribution >= 4 is 28.9 Å². The number of aliphatic imine (C=N–C) groups is 1. The Labute approximate surface area is 157 Å². The van der Waals surface area contributed by atoms with E-state index in [9.17, 15) is 0 Å². The van der Waals surface area contributed by atoms with Crippen LogP contribution in [-0.2, 0) is 20.1 Å². The van der Waals surface area contributed by atoms with Crippen LogP contribution >= 0.6 is 22.9 Å². The molecule has 3 heterocycles. The minimum atomic E-state index is 0.534. The molecule has 1 fully saturated rings. The number of halogens is 1. The lowest BCUT2D eigenvalue weighted by Crippen LogP contribution is -2.52. The fraction of sp³-hybridized carbons (Fsp3) is 0.562. The Morgan fingerprint density at radius 2 is 2.12 bits per heavy atom. The lowest BCUT2D eigenvalue weighted by Gasteiger charge is -2.36. The first kappa shape index (κ1) is 18.2. The van der Waals surface area contributed by atoms with E-state index in [2.05, 4.69) is 38.2 Å². The molecule has 1 aliphatic heterocycles. The highest BCUT2D eigenvalue weighted by molar-refractivity contribution is 7.16. The minimum Gasteiger partial charge on any atom is -0.357 e. The van der Waals surface area contributed by atoms with Crippen LogP contribution in [0.25, 0.3) is 0 Å². The molecule has 1 aliphatic rings. The molecular weight excluding hydrogens is 358 g/mol. The molecule has 3 rings (SSSR count). The molecule has 2 aromatic heterocycles. The van der Waals surface area contributed by atoms with E-state index in [1.165, 1.54) is 4.88 Å². The Kier molecular flexibility index (Phi) is 6.28. The van der Waals surface area contributed by atoms with E-state index in [1.807, 2.05) is 13.1 Å². The van der Waals surface area contributed by atoms with Gasteiger partial charge < -0.3 is 10.2 Å². The predicted octanol–water partition coefficient (Wildman–Crippen LogP) is 1.81. The summed E-state index contributed by atoms with van der Waals surface area (Å²) in [6.45, 7) is 8.41. The van der Waals surface area contributed by atoms with Crippen LogP contribution in [0.15, 0.2) is 23.5 Å². The molecule has 25 heavy (non-hydrogen) atoms. The van der Waals surface area contributed by atoms with Crippen molar-refractivity contribution < 1.29 is 0 Å². The predicted molar refractivity (Wildman–Crippen MR) is 102 cm³/mol. The van der Waals surface area contributed by atoms with Crippen molar-refractivity contribution in [1.29, 1.82) is 0 Å². The second-order valence-corrected chi connectivity index (χ2v) is 7.74. The third kappa shape index (κ3) is 4.93. The topological polar surface area (TPSA) is 61.6 Å². The molecule has 136 valence electrons. The van der Waals surface area contributed by atoms with Gasteiger partial charge in [-0.25, -0.2) is 9.98 Å². The maximum Gasteiger partial charge on any atom is 0.194 e. The number of hydrogen-bond acceptors (Lipinski definition) is 5. The second kappa shape index (κ2) is 8.64. The number of hydrogen-bond donors (Lipinski definition) is 1. The minimum absolute atomic E-state index is 0.534. The van der Waals surface area contributed by atoms with Gasteiger partial charge in [0, 0.05) is 51.2 Å². The maximum atomic E-state index is 6.02. The summed E-state index contributed by atoms with van der Waals surface area (Å²) in [4.78, 5) is 15.1. The van der Waals surface area contributed by atoms with Gasteiger partial charge in [0.2, 0.25) is 0 Å². The number of nitrogens with one attached hydrogen (secondary N) is 1. The van der Waals surface area contributed by atoms with Crippen LogP contribution in [0.5, 0.6) is 0 Å². The van der Waals surface area contributed by atoms with Crippen molar-refractivity contribution in [3.05, 3.63) is 33.5 Å². The van der Waals surface area contributed by atoms with Gasteiger partial charge in [-0.15, -0.1) is 11.3 Å². The number of nitrogens with zero attached hydrogens (tertiary/aromatic N) is 6. The lowest BCUT2D eigenvalue weighted by atomic mass is 10.3. The van der Waals surface area contributed by atoms with Crippen molar-refractivity contribution in [2.24, 2.45) is 12.0 Å². The van der Waals surface area contributed by atoms with Gasteiger partial charge in [0.1, 0.15) is 18.7 Å². The summed E-state index contributed by atoms with van der Waals surface area (Å²) in [6, 6.07) is 4.09. The van der Waals surface area contributed by atoms with Crippen molar-refractivity contribution in [3.8, 4) is 0 Å². The molecule has 1 saturated heterocycles. The number of piperazine rings is 1. The van der Waals surface area contributed by atoms with Crippen LogP contribution in [-0.4, -0.2) is 63.2 Å². The second-order valence-electron chi connectivity index (χ2n) is 5.94. The highest BCUT2D eigenvalue weighted by atomic mass is 35.5. The summed E-state index contributed by atoms with van der Waals surface area (Å²) in [7, 11) is 1.89. The molecule has 0 bridgehead atoms. The SMILES string of the molecule is CCNC(=NCc1ncnn1C)N1CCN(Cc2ccc(Cl)s2)CC1. The highest BCUT2D eigenvalue weighted by Crippen LogP contribution is 2.23. The molecule has 0 unspecified atom stereocenters. The molecule has 0 saturated carbocycles. The average molecular weight is 382 g/mol. The molecule has 0 aliphatic carbocycles. The van der Waals surface area contributed by atoms with Gasteiger partial charge in [0.05, 0.1) is 4.34 Å². The van der Waals surface area contributed by atoms with E-state index in [0.29, 0.717) is 6.54 Å². The summed E-state index contributed by atoms with van der Waals surface area (Å²) < 4.78 is 2.62. The summed E-state index contributed by atoms with van der Waals surface area (Å²) in [5, 5.41) is 7.48. The van der Waals surface area contributed by atoms with E-state index >= 15 is 0 Å². The fourth-order valence-electron chi connectivity index (χ4n) is 2.81. The zero-order chi connectivity index (χ0) is 17.6. The Hall–Kier alpha value is -1.64. The largest absolute Gasteiger partial charge is 0.357 e. The molecule has 1 N–H and O–H groups in total. The van der Waals surface area contributed by atoms with Gasteiger partial charge in [0.15, 0.2) is 5.96 Å². The van der Waals surface area contributed by atoms with Crippen molar-refractivity contribution in [2.75, 3.05) is 32.7 Å². The van der Waals surface area contributed by atoms with Gasteiger partial charge in [-0.3, -0.25) is 9.58 Å². The first-order chi connectivity index (χ1) is 12.2. The molecule has 2 aromatic rings. The first-order valence-corrected chi connectivity index (χ1v) is 9.68. The summed E-state index contributed by atoms with van der Waals surface area (Å²) in [6.07, 6.45) is 1.56. The molecule has 9 heteroatoms. The van der Waals surface area contributed by atoms with E-state index in [0.717, 1.165) is 55.4 Å². The van der Waals surface area contributed by atoms with E-state index in [4.69, 9.17) is 16.6 Å². The van der Waals surface area contributed by atoms with E-state index < -0.39 is 0 Å². The van der Waals surface area contributed by atoms with Crippen LogP contribution in [0.3, 0.4) is 0 Å². The van der Waals surface area contributed by atoms with Crippen LogP contribution in [0.1, 0.15) is 17.6 Å². The fourth-order valence-corrected chi connectivity index (χ4v) is 3.94. The van der Waals surface area contributed by atoms with Crippen LogP contribution in [0, 0.1) is 0 Å². The number of aryl methyl sites for hydroxylation is 1. The zero-order valence-electron chi connectivity index (χ0n) is 14.7. The Morgan fingerprint density at radius 3 is 2.72 bits per heavy atom. The molecule has 0 aromatic carbocycles. The first-order valence-electron chi connectivity index (χ1n) is 8.48. The summed E-state index contributed by atoms with van der Waals surface area (Å²) in [5.41, 5.74) is 0. The number of guanidine groups is 1. The van der Waals surface area contributed by atoms with Crippen molar-refractivity contribution in [2.45, 2.75) is 20.0 Å². The Morgan fingerprint density at radius 1 is 1.32 bits per heavy atom. The van der Waals surface area contributed by atoms with E-state index in [-0.39, 0.29) is 0 Å². The molecule has 0 radical (unpaired) electrons. The molecule has 7 nitrogen and oxygen atoms in total. The number of rotatable bonds is 5. The third-order valence-corrected chi connectivity index (χ3v) is 5.41.